The molecule has 152 valence electrons. The van der Waals surface area contributed by atoms with Crippen molar-refractivity contribution >= 4 is 22.5 Å². The molecule has 0 saturated heterocycles. The summed E-state index contributed by atoms with van der Waals surface area (Å²) in [7, 11) is 0. The number of aryl methyl sites for hydroxylation is 2. The fourth-order valence-corrected chi connectivity index (χ4v) is 3.86. The number of fused-ring (bicyclic) bond motifs is 1. The number of carbonyl (C=O) groups is 1. The molecule has 0 fully saturated rings. The summed E-state index contributed by atoms with van der Waals surface area (Å²) in [6, 6.07) is 23.4. The Morgan fingerprint density at radius 1 is 1.00 bits per heavy atom. The van der Waals surface area contributed by atoms with Gasteiger partial charge in [-0.3, -0.25) is 9.36 Å². The molecule has 0 unspecified atom stereocenters. The van der Waals surface area contributed by atoms with E-state index in [2.05, 4.69) is 19.1 Å². The van der Waals surface area contributed by atoms with E-state index in [0.29, 0.717) is 12.2 Å². The van der Waals surface area contributed by atoms with E-state index in [-0.39, 0.29) is 5.91 Å². The molecule has 4 nitrogen and oxygen atoms in total. The number of carbonyl (C=O) groups excluding carboxylic acids is 1. The number of nitrogens with two attached hydrogens (primary N) is 1. The number of hydrogen-bond acceptors (Lipinski definition) is 3. The Bertz CT molecular complexity index is 1190. The molecule has 0 bridgehead atoms. The maximum absolute atomic E-state index is 13.2. The topological polar surface area (TPSA) is 57.2 Å². The van der Waals surface area contributed by atoms with Crippen LogP contribution in [0.1, 0.15) is 34.1 Å². The van der Waals surface area contributed by atoms with Crippen LogP contribution >= 0.6 is 0 Å². The van der Waals surface area contributed by atoms with Gasteiger partial charge >= 0.3 is 0 Å². The van der Waals surface area contributed by atoms with Gasteiger partial charge in [0.05, 0.1) is 12.1 Å². The number of nitrogens with zero attached hydrogens (tertiary/aromatic N) is 1. The first kappa shape index (κ1) is 19.8. The number of nitrogen functional groups attached to an aromatic ring is 1. The Balaban J connectivity index is 1.48. The van der Waals surface area contributed by atoms with Gasteiger partial charge in [0.25, 0.3) is 5.91 Å². The third-order valence-corrected chi connectivity index (χ3v) is 5.42. The van der Waals surface area contributed by atoms with Gasteiger partial charge in [0.15, 0.2) is 0 Å². The minimum atomic E-state index is -0.0259. The molecule has 4 aromatic rings. The number of ether oxygens (including phenoxy) is 1. The molecule has 0 aliphatic carbocycles. The standard InChI is InChI=1S/C26H26N2O2/c1-3-20-7-5-9-25-24(20)16-18(2)28(25)26(29)21-10-12-23(13-11-21)30-15-14-19-6-4-8-22(27)17-19/h4-13,16-17H,3,14-15,27H2,1-2H3. The van der Waals surface area contributed by atoms with E-state index in [9.17, 15) is 4.79 Å². The van der Waals surface area contributed by atoms with Crippen LogP contribution in [0.25, 0.3) is 10.9 Å². The quantitative estimate of drug-likeness (QED) is 0.442. The van der Waals surface area contributed by atoms with Gasteiger partial charge < -0.3 is 10.5 Å². The zero-order valence-corrected chi connectivity index (χ0v) is 17.4. The molecule has 0 atom stereocenters. The first-order valence-corrected chi connectivity index (χ1v) is 10.3. The Morgan fingerprint density at radius 3 is 2.50 bits per heavy atom. The molecule has 0 aliphatic rings. The first-order valence-electron chi connectivity index (χ1n) is 10.3. The molecule has 0 amide bonds. The Labute approximate surface area is 176 Å². The predicted octanol–water partition coefficient (Wildman–Crippen LogP) is 5.40. The molecular formula is C26H26N2O2. The Hall–Kier alpha value is -3.53. The fraction of sp³-hybridized carbons (Fsp3) is 0.192. The van der Waals surface area contributed by atoms with Crippen molar-refractivity contribution in [3.05, 3.63) is 95.2 Å². The Morgan fingerprint density at radius 2 is 1.77 bits per heavy atom. The molecule has 4 heteroatoms. The molecule has 2 N–H and O–H groups in total. The van der Waals surface area contributed by atoms with E-state index in [1.807, 2.05) is 67.6 Å². The molecule has 0 aliphatic heterocycles. The monoisotopic (exact) mass is 398 g/mol. The molecule has 4 rings (SSSR count). The van der Waals surface area contributed by atoms with Gasteiger partial charge in [-0.15, -0.1) is 0 Å². The third kappa shape index (κ3) is 3.94. The predicted molar refractivity (Wildman–Crippen MR) is 122 cm³/mol. The lowest BCUT2D eigenvalue weighted by atomic mass is 10.1. The average molecular weight is 399 g/mol. The third-order valence-electron chi connectivity index (χ3n) is 5.42. The number of benzene rings is 3. The molecule has 30 heavy (non-hydrogen) atoms. The van der Waals surface area contributed by atoms with Crippen molar-refractivity contribution in [2.24, 2.45) is 0 Å². The van der Waals surface area contributed by atoms with Crippen LogP contribution in [0, 0.1) is 6.92 Å². The van der Waals surface area contributed by atoms with Crippen LogP contribution < -0.4 is 10.5 Å². The molecule has 1 aromatic heterocycles. The second-order valence-corrected chi connectivity index (χ2v) is 7.50. The van der Waals surface area contributed by atoms with Crippen molar-refractivity contribution < 1.29 is 9.53 Å². The lowest BCUT2D eigenvalue weighted by Gasteiger charge is -2.10. The molecule has 3 aromatic carbocycles. The highest BCUT2D eigenvalue weighted by molar-refractivity contribution is 6.03. The maximum Gasteiger partial charge on any atom is 0.262 e. The van der Waals surface area contributed by atoms with Crippen LogP contribution in [0.3, 0.4) is 0 Å². The summed E-state index contributed by atoms with van der Waals surface area (Å²) in [6.45, 7) is 4.66. The highest BCUT2D eigenvalue weighted by Crippen LogP contribution is 2.25. The van der Waals surface area contributed by atoms with Crippen molar-refractivity contribution in [2.45, 2.75) is 26.7 Å². The van der Waals surface area contributed by atoms with Crippen LogP contribution in [0.15, 0.2) is 72.8 Å². The van der Waals surface area contributed by atoms with Crippen molar-refractivity contribution in [1.29, 1.82) is 0 Å². The van der Waals surface area contributed by atoms with Gasteiger partial charge in [-0.25, -0.2) is 0 Å². The zero-order valence-electron chi connectivity index (χ0n) is 17.4. The van der Waals surface area contributed by atoms with Gasteiger partial charge in [-0.2, -0.15) is 0 Å². The molecule has 0 saturated carbocycles. The van der Waals surface area contributed by atoms with E-state index in [1.54, 1.807) is 4.57 Å². The number of anilines is 1. The maximum atomic E-state index is 13.2. The van der Waals surface area contributed by atoms with Gasteiger partial charge in [-0.1, -0.05) is 31.2 Å². The normalized spacial score (nSPS) is 11.0. The van der Waals surface area contributed by atoms with Crippen LogP contribution in [-0.4, -0.2) is 17.1 Å². The highest BCUT2D eigenvalue weighted by Gasteiger charge is 2.16. The van der Waals surface area contributed by atoms with E-state index in [0.717, 1.165) is 46.4 Å². The zero-order chi connectivity index (χ0) is 21.1. The summed E-state index contributed by atoms with van der Waals surface area (Å²) >= 11 is 0. The van der Waals surface area contributed by atoms with Crippen molar-refractivity contribution in [2.75, 3.05) is 12.3 Å². The molecule has 0 spiro atoms. The summed E-state index contributed by atoms with van der Waals surface area (Å²) in [6.07, 6.45) is 1.72. The summed E-state index contributed by atoms with van der Waals surface area (Å²) in [5, 5.41) is 1.15. The Kier molecular flexibility index (Phi) is 5.57. The minimum Gasteiger partial charge on any atom is -0.493 e. The summed E-state index contributed by atoms with van der Waals surface area (Å²) in [5.74, 6) is 0.722. The van der Waals surface area contributed by atoms with Crippen molar-refractivity contribution in [3.8, 4) is 5.75 Å². The van der Waals surface area contributed by atoms with E-state index >= 15 is 0 Å². The molecule has 1 heterocycles. The smallest absolute Gasteiger partial charge is 0.262 e. The van der Waals surface area contributed by atoms with Crippen LogP contribution in [0.2, 0.25) is 0 Å². The van der Waals surface area contributed by atoms with E-state index in [1.165, 1.54) is 5.56 Å². The van der Waals surface area contributed by atoms with E-state index < -0.39 is 0 Å². The van der Waals surface area contributed by atoms with Crippen molar-refractivity contribution in [1.82, 2.24) is 4.57 Å². The summed E-state index contributed by atoms with van der Waals surface area (Å²) in [5.41, 5.74) is 11.5. The lowest BCUT2D eigenvalue weighted by Crippen LogP contribution is -2.13. The van der Waals surface area contributed by atoms with Gasteiger partial charge in [0.2, 0.25) is 0 Å². The highest BCUT2D eigenvalue weighted by atomic mass is 16.5. The number of rotatable bonds is 6. The fourth-order valence-electron chi connectivity index (χ4n) is 3.86. The largest absolute Gasteiger partial charge is 0.493 e. The van der Waals surface area contributed by atoms with Gasteiger partial charge in [-0.05, 0) is 73.0 Å². The lowest BCUT2D eigenvalue weighted by molar-refractivity contribution is 0.0963. The summed E-state index contributed by atoms with van der Waals surface area (Å²) in [4.78, 5) is 13.2. The minimum absolute atomic E-state index is 0.0259. The van der Waals surface area contributed by atoms with Crippen LogP contribution in [-0.2, 0) is 12.8 Å². The van der Waals surface area contributed by atoms with Gasteiger partial charge in [0.1, 0.15) is 5.75 Å². The SMILES string of the molecule is CCc1cccc2c1cc(C)n2C(=O)c1ccc(OCCc2cccc(N)c2)cc1. The number of aromatic nitrogens is 1. The summed E-state index contributed by atoms with van der Waals surface area (Å²) < 4.78 is 7.64. The number of hydrogen-bond donors (Lipinski definition) is 1. The van der Waals surface area contributed by atoms with Gasteiger partial charge in [0, 0.05) is 28.8 Å². The molecular weight excluding hydrogens is 372 g/mol. The van der Waals surface area contributed by atoms with Crippen LogP contribution in [0.4, 0.5) is 5.69 Å². The molecule has 0 radical (unpaired) electrons. The van der Waals surface area contributed by atoms with Crippen molar-refractivity contribution in [3.63, 3.8) is 0 Å². The van der Waals surface area contributed by atoms with Crippen LogP contribution in [0.5, 0.6) is 5.75 Å². The first-order chi connectivity index (χ1) is 14.6. The van der Waals surface area contributed by atoms with E-state index in [4.69, 9.17) is 10.5 Å². The second kappa shape index (κ2) is 8.46. The second-order valence-electron chi connectivity index (χ2n) is 7.50. The average Bonchev–Trinajstić information content (AvgIpc) is 3.09.